The van der Waals surface area contributed by atoms with Crippen molar-refractivity contribution in [2.75, 3.05) is 13.1 Å². The smallest absolute Gasteiger partial charge is 0.0969 e. The monoisotopic (exact) mass is 365 g/mol. The average molecular weight is 366 g/mol. The fraction of sp³-hybridized carbons (Fsp3) is 0.455. The number of hydrogen-bond donors (Lipinski definition) is 1. The average Bonchev–Trinajstić information content (AvgIpc) is 2.99. The van der Waals surface area contributed by atoms with Gasteiger partial charge in [0.25, 0.3) is 0 Å². The van der Waals surface area contributed by atoms with Crippen LogP contribution in [-0.2, 0) is 0 Å². The van der Waals surface area contributed by atoms with E-state index in [1.54, 1.807) is 0 Å². The molecule has 4 rings (SSSR count). The lowest BCUT2D eigenvalue weighted by Crippen LogP contribution is -2.32. The van der Waals surface area contributed by atoms with Crippen molar-refractivity contribution in [3.63, 3.8) is 0 Å². The quantitative estimate of drug-likeness (QED) is 0.589. The predicted octanol–water partition coefficient (Wildman–Crippen LogP) is 5.47. The van der Waals surface area contributed by atoms with Gasteiger partial charge in [0.15, 0.2) is 0 Å². The zero-order valence-corrected chi connectivity index (χ0v) is 16.7. The highest BCUT2D eigenvalue weighted by molar-refractivity contribution is 7.18. The summed E-state index contributed by atoms with van der Waals surface area (Å²) in [6.07, 6.45) is 3.78. The van der Waals surface area contributed by atoms with Gasteiger partial charge < -0.3 is 5.32 Å². The minimum Gasteiger partial charge on any atom is -0.316 e. The molecule has 3 aromatic rings. The van der Waals surface area contributed by atoms with E-state index in [1.807, 2.05) is 18.3 Å². The van der Waals surface area contributed by atoms with Crippen LogP contribution in [0.3, 0.4) is 0 Å². The second-order valence-electron chi connectivity index (χ2n) is 7.56. The molecule has 26 heavy (non-hydrogen) atoms. The number of nitrogens with one attached hydrogen (secondary N) is 1. The van der Waals surface area contributed by atoms with Gasteiger partial charge >= 0.3 is 0 Å². The van der Waals surface area contributed by atoms with Crippen LogP contribution in [0.25, 0.3) is 21.3 Å². The zero-order chi connectivity index (χ0) is 18.1. The molecule has 0 bridgehead atoms. The number of fused-ring (bicyclic) bond motifs is 1. The highest BCUT2D eigenvalue weighted by atomic mass is 32.1. The van der Waals surface area contributed by atoms with Gasteiger partial charge in [-0.1, -0.05) is 19.1 Å². The Morgan fingerprint density at radius 1 is 1.12 bits per heavy atom. The van der Waals surface area contributed by atoms with Gasteiger partial charge in [-0.15, -0.1) is 11.3 Å². The Balaban J connectivity index is 1.50. The lowest BCUT2D eigenvalue weighted by Gasteiger charge is -2.34. The highest BCUT2D eigenvalue weighted by Crippen LogP contribution is 2.44. The number of aryl methyl sites for hydroxylation is 2. The molecule has 0 atom stereocenters. The Morgan fingerprint density at radius 2 is 1.96 bits per heavy atom. The van der Waals surface area contributed by atoms with Crippen LogP contribution in [0.2, 0.25) is 0 Å². The summed E-state index contributed by atoms with van der Waals surface area (Å²) in [5.41, 5.74) is 5.76. The molecule has 4 heteroatoms. The SMILES string of the molecule is CCCNCC1CC(c2nc3ccc(-c4ccc(C)nc4C)cc3s2)C1. The summed E-state index contributed by atoms with van der Waals surface area (Å²) in [6, 6.07) is 10.9. The van der Waals surface area contributed by atoms with Crippen LogP contribution in [0.1, 0.15) is 48.5 Å². The minimum atomic E-state index is 0.659. The van der Waals surface area contributed by atoms with Gasteiger partial charge in [-0.2, -0.15) is 0 Å². The number of pyridine rings is 1. The second-order valence-corrected chi connectivity index (χ2v) is 8.62. The Labute approximate surface area is 159 Å². The topological polar surface area (TPSA) is 37.8 Å². The molecule has 1 aliphatic rings. The first kappa shape index (κ1) is 17.6. The van der Waals surface area contributed by atoms with Crippen molar-refractivity contribution in [3.05, 3.63) is 46.7 Å². The molecule has 1 aliphatic carbocycles. The van der Waals surface area contributed by atoms with Crippen LogP contribution in [0.15, 0.2) is 30.3 Å². The van der Waals surface area contributed by atoms with Gasteiger partial charge in [-0.3, -0.25) is 4.98 Å². The molecule has 0 radical (unpaired) electrons. The molecule has 1 fully saturated rings. The summed E-state index contributed by atoms with van der Waals surface area (Å²) < 4.78 is 1.30. The van der Waals surface area contributed by atoms with Crippen LogP contribution < -0.4 is 5.32 Å². The molecule has 0 saturated heterocycles. The molecule has 3 nitrogen and oxygen atoms in total. The van der Waals surface area contributed by atoms with E-state index in [0.29, 0.717) is 5.92 Å². The first-order valence-corrected chi connectivity index (χ1v) is 10.5. The Morgan fingerprint density at radius 3 is 2.73 bits per heavy atom. The van der Waals surface area contributed by atoms with Crippen molar-refractivity contribution in [1.29, 1.82) is 0 Å². The number of aromatic nitrogens is 2. The third kappa shape index (κ3) is 3.53. The van der Waals surface area contributed by atoms with E-state index in [2.05, 4.69) is 54.5 Å². The van der Waals surface area contributed by atoms with Gasteiger partial charge in [0, 0.05) is 22.9 Å². The summed E-state index contributed by atoms with van der Waals surface area (Å²) >= 11 is 1.88. The number of thiazole rings is 1. The fourth-order valence-corrected chi connectivity index (χ4v) is 5.00. The van der Waals surface area contributed by atoms with Crippen LogP contribution in [0.5, 0.6) is 0 Å². The molecule has 1 aromatic carbocycles. The maximum Gasteiger partial charge on any atom is 0.0969 e. The molecular weight excluding hydrogens is 338 g/mol. The van der Waals surface area contributed by atoms with Crippen LogP contribution in [0.4, 0.5) is 0 Å². The lowest BCUT2D eigenvalue weighted by molar-refractivity contribution is 0.254. The molecular formula is C22H27N3S. The van der Waals surface area contributed by atoms with Crippen molar-refractivity contribution in [3.8, 4) is 11.1 Å². The third-order valence-corrected chi connectivity index (χ3v) is 6.57. The van der Waals surface area contributed by atoms with Crippen LogP contribution >= 0.6 is 11.3 Å². The molecule has 2 heterocycles. The molecule has 1 N–H and O–H groups in total. The summed E-state index contributed by atoms with van der Waals surface area (Å²) in [7, 11) is 0. The van der Waals surface area contributed by atoms with Gasteiger partial charge in [0.2, 0.25) is 0 Å². The third-order valence-electron chi connectivity index (χ3n) is 5.39. The molecule has 2 aromatic heterocycles. The second kappa shape index (κ2) is 7.45. The Hall–Kier alpha value is -1.78. The van der Waals surface area contributed by atoms with Crippen LogP contribution in [0, 0.1) is 19.8 Å². The molecule has 0 spiro atoms. The van der Waals surface area contributed by atoms with Crippen molar-refractivity contribution >= 4 is 21.6 Å². The zero-order valence-electron chi connectivity index (χ0n) is 15.9. The molecule has 0 amide bonds. The first-order valence-electron chi connectivity index (χ1n) is 9.70. The number of rotatable bonds is 6. The Bertz CT molecular complexity index is 909. The molecule has 136 valence electrons. The molecule has 1 saturated carbocycles. The van der Waals surface area contributed by atoms with E-state index in [-0.39, 0.29) is 0 Å². The summed E-state index contributed by atoms with van der Waals surface area (Å²) in [6.45, 7) is 8.66. The van der Waals surface area contributed by atoms with Crippen molar-refractivity contribution in [2.45, 2.75) is 46.0 Å². The van der Waals surface area contributed by atoms with Gasteiger partial charge in [0.05, 0.1) is 15.2 Å². The minimum absolute atomic E-state index is 0.659. The van der Waals surface area contributed by atoms with Crippen molar-refractivity contribution < 1.29 is 0 Å². The lowest BCUT2D eigenvalue weighted by atomic mass is 9.75. The van der Waals surface area contributed by atoms with E-state index >= 15 is 0 Å². The van der Waals surface area contributed by atoms with Crippen molar-refractivity contribution in [2.24, 2.45) is 5.92 Å². The summed E-state index contributed by atoms with van der Waals surface area (Å²) in [4.78, 5) is 9.53. The van der Waals surface area contributed by atoms with E-state index in [4.69, 9.17) is 4.98 Å². The van der Waals surface area contributed by atoms with E-state index in [1.165, 1.54) is 46.6 Å². The predicted molar refractivity (Wildman–Crippen MR) is 111 cm³/mol. The van der Waals surface area contributed by atoms with Gasteiger partial charge in [-0.05, 0) is 75.9 Å². The van der Waals surface area contributed by atoms with Gasteiger partial charge in [0.1, 0.15) is 0 Å². The normalized spacial score (nSPS) is 19.7. The van der Waals surface area contributed by atoms with E-state index in [0.717, 1.165) is 29.4 Å². The standard InChI is InChI=1S/C22H27N3S/c1-4-9-23-13-16-10-18(11-16)22-25-20-8-6-17(12-21(20)26-22)19-7-5-14(2)24-15(19)3/h5-8,12,16,18,23H,4,9-11,13H2,1-3H3. The maximum absolute atomic E-state index is 4.92. The summed E-state index contributed by atoms with van der Waals surface area (Å²) in [5.74, 6) is 1.49. The largest absolute Gasteiger partial charge is 0.316 e. The van der Waals surface area contributed by atoms with Gasteiger partial charge in [-0.25, -0.2) is 4.98 Å². The number of benzene rings is 1. The Kier molecular flexibility index (Phi) is 5.05. The first-order chi connectivity index (χ1) is 12.6. The fourth-order valence-electron chi connectivity index (χ4n) is 3.86. The number of hydrogen-bond acceptors (Lipinski definition) is 4. The van der Waals surface area contributed by atoms with Crippen LogP contribution in [-0.4, -0.2) is 23.1 Å². The molecule has 0 unspecified atom stereocenters. The van der Waals surface area contributed by atoms with E-state index in [9.17, 15) is 0 Å². The van der Waals surface area contributed by atoms with Crippen molar-refractivity contribution in [1.82, 2.24) is 15.3 Å². The summed E-state index contributed by atoms with van der Waals surface area (Å²) in [5, 5.41) is 4.87. The number of nitrogens with zero attached hydrogens (tertiary/aromatic N) is 2. The maximum atomic E-state index is 4.92. The highest BCUT2D eigenvalue weighted by Gasteiger charge is 2.32. The molecule has 0 aliphatic heterocycles. The van der Waals surface area contributed by atoms with E-state index < -0.39 is 0 Å².